The van der Waals surface area contributed by atoms with E-state index in [9.17, 15) is 9.59 Å². The molecule has 0 atom stereocenters. The summed E-state index contributed by atoms with van der Waals surface area (Å²) in [6.45, 7) is 1.79. The number of benzene rings is 1. The van der Waals surface area contributed by atoms with E-state index in [1.165, 1.54) is 14.2 Å². The van der Waals surface area contributed by atoms with Crippen LogP contribution in [0.15, 0.2) is 18.3 Å². The second-order valence-corrected chi connectivity index (χ2v) is 7.31. The van der Waals surface area contributed by atoms with E-state index in [4.69, 9.17) is 14.2 Å². The summed E-state index contributed by atoms with van der Waals surface area (Å²) in [6, 6.07) is 3.23. The minimum Gasteiger partial charge on any atom is -0.493 e. The molecule has 168 valence electrons. The summed E-state index contributed by atoms with van der Waals surface area (Å²) in [5, 5.41) is 11.1. The summed E-state index contributed by atoms with van der Waals surface area (Å²) in [6.07, 6.45) is 4.40. The molecule has 0 aliphatic carbocycles. The van der Waals surface area contributed by atoms with Crippen LogP contribution in [-0.2, 0) is 17.8 Å². The lowest BCUT2D eigenvalue weighted by Gasteiger charge is -2.18. The van der Waals surface area contributed by atoms with Crippen LogP contribution in [0.4, 0.5) is 0 Å². The van der Waals surface area contributed by atoms with Crippen molar-refractivity contribution in [2.75, 3.05) is 41.0 Å². The summed E-state index contributed by atoms with van der Waals surface area (Å²) in [5.41, 5.74) is 1.25. The van der Waals surface area contributed by atoms with E-state index in [2.05, 4.69) is 15.6 Å². The lowest BCUT2D eigenvalue weighted by atomic mass is 10.1. The fourth-order valence-corrected chi connectivity index (χ4v) is 3.29. The normalized spacial score (nSPS) is 16.4. The Hall–Kier alpha value is -3.30. The summed E-state index contributed by atoms with van der Waals surface area (Å²) >= 11 is 0. The third kappa shape index (κ3) is 5.87. The number of hydrogen-bond acceptors (Lipinski definition) is 7. The van der Waals surface area contributed by atoms with Crippen molar-refractivity contribution in [3.63, 3.8) is 0 Å². The lowest BCUT2D eigenvalue weighted by molar-refractivity contribution is -0.129. The molecule has 0 radical (unpaired) electrons. The number of aryl methyl sites for hydroxylation is 2. The van der Waals surface area contributed by atoms with Gasteiger partial charge in [0.25, 0.3) is 5.91 Å². The topological polar surface area (TPSA) is 108 Å². The Bertz CT molecular complexity index is 888. The zero-order valence-corrected chi connectivity index (χ0v) is 18.2. The molecule has 1 aromatic carbocycles. The van der Waals surface area contributed by atoms with Gasteiger partial charge < -0.3 is 24.4 Å². The number of hydrogen-bond donors (Lipinski definition) is 1. The molecular weight excluding hydrogens is 402 g/mol. The summed E-state index contributed by atoms with van der Waals surface area (Å²) in [4.78, 5) is 26.5. The van der Waals surface area contributed by atoms with Gasteiger partial charge in [-0.25, -0.2) is 0 Å². The van der Waals surface area contributed by atoms with Gasteiger partial charge in [0.1, 0.15) is 0 Å². The Morgan fingerprint density at radius 1 is 1.06 bits per heavy atom. The number of ether oxygens (including phenoxy) is 3. The maximum absolute atomic E-state index is 12.6. The molecule has 2 aliphatic heterocycles. The van der Waals surface area contributed by atoms with Crippen molar-refractivity contribution in [1.82, 2.24) is 25.2 Å². The molecule has 31 heavy (non-hydrogen) atoms. The van der Waals surface area contributed by atoms with Crippen molar-refractivity contribution in [1.29, 1.82) is 0 Å². The standard InChI is InChI=1S/C21H29N5O5/c1-25-10-8-22-21(28)15-12-17(29-2)20(18(13-15)30-3)31-11-5-9-26-14-16(23-24-26)6-4-7-19(25)27/h12-14H,4-11H2,1-3H3,(H,22,28). The minimum absolute atomic E-state index is 0.0286. The number of likely N-dealkylation sites (N-methyl/N-ethyl adjacent to an activating group) is 1. The molecule has 2 aromatic rings. The molecule has 4 bridgehead atoms. The third-order valence-corrected chi connectivity index (χ3v) is 5.07. The van der Waals surface area contributed by atoms with E-state index in [0.717, 1.165) is 5.69 Å². The number of carbonyl (C=O) groups is 2. The number of aromatic nitrogens is 3. The highest BCUT2D eigenvalue weighted by atomic mass is 16.5. The zero-order valence-electron chi connectivity index (χ0n) is 18.2. The molecule has 10 heteroatoms. The van der Waals surface area contributed by atoms with Crippen LogP contribution in [0.3, 0.4) is 0 Å². The van der Waals surface area contributed by atoms with E-state index in [1.54, 1.807) is 28.8 Å². The van der Waals surface area contributed by atoms with Gasteiger partial charge in [-0.2, -0.15) is 0 Å². The van der Waals surface area contributed by atoms with Gasteiger partial charge in [0.2, 0.25) is 11.7 Å². The molecule has 3 heterocycles. The van der Waals surface area contributed by atoms with E-state index in [0.29, 0.717) is 74.7 Å². The van der Waals surface area contributed by atoms with E-state index in [-0.39, 0.29) is 11.8 Å². The van der Waals surface area contributed by atoms with Crippen LogP contribution in [0.25, 0.3) is 0 Å². The van der Waals surface area contributed by atoms with Gasteiger partial charge in [0, 0.05) is 51.3 Å². The van der Waals surface area contributed by atoms with Gasteiger partial charge in [-0.05, 0) is 25.0 Å². The van der Waals surface area contributed by atoms with Gasteiger partial charge in [0.05, 0.1) is 26.5 Å². The smallest absolute Gasteiger partial charge is 0.251 e. The van der Waals surface area contributed by atoms with Gasteiger partial charge in [-0.3, -0.25) is 14.3 Å². The van der Waals surface area contributed by atoms with Crippen LogP contribution in [-0.4, -0.2) is 72.7 Å². The molecule has 0 saturated carbocycles. The first-order chi connectivity index (χ1) is 15.0. The van der Waals surface area contributed by atoms with Gasteiger partial charge in [-0.15, -0.1) is 5.10 Å². The Morgan fingerprint density at radius 2 is 1.81 bits per heavy atom. The van der Waals surface area contributed by atoms with E-state index >= 15 is 0 Å². The molecule has 4 rings (SSSR count). The Balaban J connectivity index is 1.81. The number of nitrogens with zero attached hydrogens (tertiary/aromatic N) is 4. The SMILES string of the molecule is COc1cc2cc(OC)c1OCCCn1cc(nn1)CCCC(=O)N(C)CCNC2=O. The summed E-state index contributed by atoms with van der Waals surface area (Å²) < 4.78 is 18.5. The summed E-state index contributed by atoms with van der Waals surface area (Å²) in [7, 11) is 4.76. The van der Waals surface area contributed by atoms with Crippen LogP contribution in [0.5, 0.6) is 17.2 Å². The highest BCUT2D eigenvalue weighted by Crippen LogP contribution is 2.38. The molecule has 0 unspecified atom stereocenters. The van der Waals surface area contributed by atoms with Crippen LogP contribution < -0.4 is 19.5 Å². The predicted octanol–water partition coefficient (Wildman–Crippen LogP) is 1.29. The van der Waals surface area contributed by atoms with Crippen molar-refractivity contribution in [2.24, 2.45) is 0 Å². The molecule has 0 fully saturated rings. The number of carbonyl (C=O) groups excluding carboxylic acids is 2. The fourth-order valence-electron chi connectivity index (χ4n) is 3.29. The van der Waals surface area contributed by atoms with Crippen molar-refractivity contribution < 1.29 is 23.8 Å². The largest absolute Gasteiger partial charge is 0.493 e. The maximum Gasteiger partial charge on any atom is 0.251 e. The molecule has 2 amide bonds. The van der Waals surface area contributed by atoms with Gasteiger partial charge in [0.15, 0.2) is 11.5 Å². The van der Waals surface area contributed by atoms with Gasteiger partial charge >= 0.3 is 0 Å². The Morgan fingerprint density at radius 3 is 2.52 bits per heavy atom. The summed E-state index contributed by atoms with van der Waals surface area (Å²) in [5.74, 6) is 1.02. The monoisotopic (exact) mass is 431 g/mol. The first kappa shape index (κ1) is 22.4. The van der Waals surface area contributed by atoms with Crippen LogP contribution >= 0.6 is 0 Å². The predicted molar refractivity (Wildman–Crippen MR) is 113 cm³/mol. The highest BCUT2D eigenvalue weighted by Gasteiger charge is 2.18. The van der Waals surface area contributed by atoms with Crippen molar-refractivity contribution in [3.05, 3.63) is 29.6 Å². The fraction of sp³-hybridized carbons (Fsp3) is 0.524. The minimum atomic E-state index is -0.280. The quantitative estimate of drug-likeness (QED) is 0.763. The third-order valence-electron chi connectivity index (χ3n) is 5.07. The molecule has 1 aromatic heterocycles. The van der Waals surface area contributed by atoms with Gasteiger partial charge in [-0.1, -0.05) is 5.21 Å². The van der Waals surface area contributed by atoms with Crippen LogP contribution in [0.2, 0.25) is 0 Å². The molecule has 10 nitrogen and oxygen atoms in total. The number of amides is 2. The average Bonchev–Trinajstić information content (AvgIpc) is 3.22. The molecule has 0 spiro atoms. The second-order valence-electron chi connectivity index (χ2n) is 7.31. The number of methoxy groups -OCH3 is 2. The highest BCUT2D eigenvalue weighted by molar-refractivity contribution is 5.95. The molecule has 2 aliphatic rings. The molecular formula is C21H29N5O5. The molecule has 1 N–H and O–H groups in total. The van der Waals surface area contributed by atoms with E-state index < -0.39 is 0 Å². The number of nitrogens with one attached hydrogen (secondary N) is 1. The molecule has 0 saturated heterocycles. The zero-order chi connectivity index (χ0) is 22.2. The van der Waals surface area contributed by atoms with Crippen molar-refractivity contribution in [3.8, 4) is 17.2 Å². The maximum atomic E-state index is 12.6. The van der Waals surface area contributed by atoms with E-state index in [1.807, 2.05) is 6.20 Å². The second kappa shape index (κ2) is 10.6. The van der Waals surface area contributed by atoms with Crippen LogP contribution in [0, 0.1) is 0 Å². The lowest BCUT2D eigenvalue weighted by Crippen LogP contribution is -2.36. The Labute approximate surface area is 181 Å². The number of rotatable bonds is 2. The number of fused-ring (bicyclic) bond motifs is 13. The Kier molecular flexibility index (Phi) is 7.69. The first-order valence-corrected chi connectivity index (χ1v) is 10.3. The average molecular weight is 431 g/mol. The van der Waals surface area contributed by atoms with Crippen LogP contribution in [0.1, 0.15) is 35.3 Å². The van der Waals surface area contributed by atoms with Crippen molar-refractivity contribution in [2.45, 2.75) is 32.2 Å². The first-order valence-electron chi connectivity index (χ1n) is 10.3. The van der Waals surface area contributed by atoms with Crippen molar-refractivity contribution >= 4 is 11.8 Å².